The number of hydrogen-bond donors (Lipinski definition) is 1. The summed E-state index contributed by atoms with van der Waals surface area (Å²) in [6.07, 6.45) is 4.10. The summed E-state index contributed by atoms with van der Waals surface area (Å²) in [6, 6.07) is 16.2. The van der Waals surface area contributed by atoms with E-state index in [0.29, 0.717) is 5.88 Å². The van der Waals surface area contributed by atoms with Crippen molar-refractivity contribution >= 4 is 35.1 Å². The SMILES string of the molecule is CSc1ccc(CCl)cc1.CSc1ccc(CO)cc1. The van der Waals surface area contributed by atoms with Crippen LogP contribution in [-0.4, -0.2) is 17.6 Å². The van der Waals surface area contributed by atoms with Crippen LogP contribution in [0, 0.1) is 0 Å². The number of rotatable bonds is 4. The molecule has 0 saturated heterocycles. The van der Waals surface area contributed by atoms with Crippen LogP contribution < -0.4 is 0 Å². The van der Waals surface area contributed by atoms with Gasteiger partial charge in [0.1, 0.15) is 0 Å². The smallest absolute Gasteiger partial charge is 0.0681 e. The largest absolute Gasteiger partial charge is 0.392 e. The van der Waals surface area contributed by atoms with Crippen molar-refractivity contribution in [1.29, 1.82) is 0 Å². The van der Waals surface area contributed by atoms with Crippen LogP contribution in [0.5, 0.6) is 0 Å². The third-order valence-corrected chi connectivity index (χ3v) is 4.45. The van der Waals surface area contributed by atoms with Crippen molar-refractivity contribution in [3.05, 3.63) is 59.7 Å². The highest BCUT2D eigenvalue weighted by atomic mass is 35.5. The van der Waals surface area contributed by atoms with Crippen LogP contribution in [0.2, 0.25) is 0 Å². The van der Waals surface area contributed by atoms with Gasteiger partial charge in [-0.15, -0.1) is 35.1 Å². The van der Waals surface area contributed by atoms with Crippen LogP contribution in [0.15, 0.2) is 58.3 Å². The molecule has 1 nitrogen and oxygen atoms in total. The maximum atomic E-state index is 8.69. The topological polar surface area (TPSA) is 20.2 Å². The molecule has 2 aromatic rings. The zero-order chi connectivity index (χ0) is 14.8. The highest BCUT2D eigenvalue weighted by Gasteiger charge is 1.90. The second kappa shape index (κ2) is 10.2. The molecule has 0 spiro atoms. The van der Waals surface area contributed by atoms with Crippen molar-refractivity contribution in [2.75, 3.05) is 12.5 Å². The molecule has 0 radical (unpaired) electrons. The van der Waals surface area contributed by atoms with E-state index in [2.05, 4.69) is 30.5 Å². The molecule has 108 valence electrons. The molecule has 0 saturated carbocycles. The Morgan fingerprint density at radius 1 is 0.800 bits per heavy atom. The van der Waals surface area contributed by atoms with E-state index < -0.39 is 0 Å². The molecule has 0 fully saturated rings. The lowest BCUT2D eigenvalue weighted by atomic mass is 10.2. The first kappa shape index (κ1) is 17.4. The van der Waals surface area contributed by atoms with E-state index >= 15 is 0 Å². The Morgan fingerprint density at radius 3 is 1.50 bits per heavy atom. The van der Waals surface area contributed by atoms with Crippen LogP contribution in [-0.2, 0) is 12.5 Å². The second-order valence-electron chi connectivity index (χ2n) is 3.99. The number of halogens is 1. The van der Waals surface area contributed by atoms with Gasteiger partial charge in [0.15, 0.2) is 0 Å². The van der Waals surface area contributed by atoms with Gasteiger partial charge in [0.05, 0.1) is 6.61 Å². The molecule has 0 unspecified atom stereocenters. The summed E-state index contributed by atoms with van der Waals surface area (Å²) in [5.41, 5.74) is 2.15. The van der Waals surface area contributed by atoms with E-state index in [1.165, 1.54) is 15.4 Å². The first-order valence-corrected chi connectivity index (χ1v) is 9.14. The third kappa shape index (κ3) is 6.23. The number of aliphatic hydroxyl groups excluding tert-OH is 1. The highest BCUT2D eigenvalue weighted by molar-refractivity contribution is 7.98. The predicted octanol–water partition coefficient (Wildman–Crippen LogP) is 5.05. The minimum Gasteiger partial charge on any atom is -0.392 e. The molecule has 2 rings (SSSR count). The van der Waals surface area contributed by atoms with E-state index in [1.54, 1.807) is 23.5 Å². The van der Waals surface area contributed by atoms with Gasteiger partial charge < -0.3 is 5.11 Å². The Kier molecular flexibility index (Phi) is 8.86. The number of hydrogen-bond acceptors (Lipinski definition) is 3. The van der Waals surface area contributed by atoms with E-state index in [-0.39, 0.29) is 6.61 Å². The summed E-state index contributed by atoms with van der Waals surface area (Å²) in [6.45, 7) is 0.134. The second-order valence-corrected chi connectivity index (χ2v) is 6.01. The highest BCUT2D eigenvalue weighted by Crippen LogP contribution is 2.15. The molecule has 0 aliphatic rings. The molecular formula is C16H19ClOS2. The van der Waals surface area contributed by atoms with Crippen molar-refractivity contribution in [3.8, 4) is 0 Å². The van der Waals surface area contributed by atoms with E-state index in [9.17, 15) is 0 Å². The van der Waals surface area contributed by atoms with Crippen LogP contribution in [0.3, 0.4) is 0 Å². The van der Waals surface area contributed by atoms with Gasteiger partial charge >= 0.3 is 0 Å². The van der Waals surface area contributed by atoms with Crippen LogP contribution in [0.4, 0.5) is 0 Å². The maximum Gasteiger partial charge on any atom is 0.0681 e. The van der Waals surface area contributed by atoms with Crippen molar-refractivity contribution in [2.24, 2.45) is 0 Å². The van der Waals surface area contributed by atoms with Gasteiger partial charge in [0.25, 0.3) is 0 Å². The molecule has 0 amide bonds. The predicted molar refractivity (Wildman–Crippen MR) is 91.9 cm³/mol. The Bertz CT molecular complexity index is 389. The average Bonchev–Trinajstić information content (AvgIpc) is 2.55. The lowest BCUT2D eigenvalue weighted by molar-refractivity contribution is 0.282. The lowest BCUT2D eigenvalue weighted by Gasteiger charge is -1.96. The van der Waals surface area contributed by atoms with Crippen molar-refractivity contribution < 1.29 is 5.11 Å². The number of alkyl halides is 1. The molecule has 0 bridgehead atoms. The fourth-order valence-electron chi connectivity index (χ4n) is 1.45. The molecule has 0 heterocycles. The van der Waals surface area contributed by atoms with Gasteiger partial charge in [-0.3, -0.25) is 0 Å². The van der Waals surface area contributed by atoms with Gasteiger partial charge in [0, 0.05) is 15.7 Å². The average molecular weight is 327 g/mol. The van der Waals surface area contributed by atoms with Gasteiger partial charge in [-0.2, -0.15) is 0 Å². The number of thioether (sulfide) groups is 2. The minimum atomic E-state index is 0.134. The first-order valence-electron chi connectivity index (χ1n) is 6.16. The third-order valence-electron chi connectivity index (χ3n) is 2.65. The minimum absolute atomic E-state index is 0.134. The zero-order valence-corrected chi connectivity index (χ0v) is 14.1. The fraction of sp³-hybridized carbons (Fsp3) is 0.250. The summed E-state index contributed by atoms with van der Waals surface area (Å²) < 4.78 is 0. The van der Waals surface area contributed by atoms with Crippen molar-refractivity contribution in [3.63, 3.8) is 0 Å². The molecule has 0 atom stereocenters. The van der Waals surface area contributed by atoms with Crippen LogP contribution >= 0.6 is 35.1 Å². The molecule has 4 heteroatoms. The standard InChI is InChI=1S/C8H9ClS.C8H10OS/c2*1-10-8-4-2-7(6-9)3-5-8/h2-5H,6H2,1H3;2-5,9H,6H2,1H3. The Balaban J connectivity index is 0.000000200. The first-order chi connectivity index (χ1) is 9.73. The monoisotopic (exact) mass is 326 g/mol. The normalized spacial score (nSPS) is 9.80. The Morgan fingerprint density at radius 2 is 1.20 bits per heavy atom. The molecule has 2 aromatic carbocycles. The fourth-order valence-corrected chi connectivity index (χ4v) is 2.44. The molecule has 0 aliphatic carbocycles. The Hall–Kier alpha value is -0.610. The maximum absolute atomic E-state index is 8.69. The molecule has 1 N–H and O–H groups in total. The summed E-state index contributed by atoms with van der Waals surface area (Å²) in [7, 11) is 0. The van der Waals surface area contributed by atoms with E-state index in [1.807, 2.05) is 30.5 Å². The lowest BCUT2D eigenvalue weighted by Crippen LogP contribution is -1.80. The van der Waals surface area contributed by atoms with Crippen LogP contribution in [0.1, 0.15) is 11.1 Å². The number of benzene rings is 2. The van der Waals surface area contributed by atoms with Crippen molar-refractivity contribution in [1.82, 2.24) is 0 Å². The van der Waals surface area contributed by atoms with Gasteiger partial charge in [-0.05, 0) is 47.9 Å². The molecule has 0 aliphatic heterocycles. The van der Waals surface area contributed by atoms with E-state index in [4.69, 9.17) is 16.7 Å². The van der Waals surface area contributed by atoms with Crippen LogP contribution in [0.25, 0.3) is 0 Å². The molecular weight excluding hydrogens is 308 g/mol. The molecule has 0 aromatic heterocycles. The summed E-state index contributed by atoms with van der Waals surface area (Å²) in [4.78, 5) is 2.52. The number of aliphatic hydroxyl groups is 1. The quantitative estimate of drug-likeness (QED) is 0.627. The van der Waals surface area contributed by atoms with Gasteiger partial charge in [0.2, 0.25) is 0 Å². The van der Waals surface area contributed by atoms with E-state index in [0.717, 1.165) is 5.56 Å². The van der Waals surface area contributed by atoms with Gasteiger partial charge in [-0.1, -0.05) is 24.3 Å². The van der Waals surface area contributed by atoms with Gasteiger partial charge in [-0.25, -0.2) is 0 Å². The zero-order valence-electron chi connectivity index (χ0n) is 11.7. The summed E-state index contributed by atoms with van der Waals surface area (Å²) in [5.74, 6) is 0.606. The van der Waals surface area contributed by atoms with Crippen molar-refractivity contribution in [2.45, 2.75) is 22.3 Å². The molecule has 20 heavy (non-hydrogen) atoms. The Labute approximate surface area is 134 Å². The summed E-state index contributed by atoms with van der Waals surface area (Å²) in [5, 5.41) is 8.69. The summed E-state index contributed by atoms with van der Waals surface area (Å²) >= 11 is 9.07.